The summed E-state index contributed by atoms with van der Waals surface area (Å²) in [5, 5.41) is 12.8. The van der Waals surface area contributed by atoms with Crippen molar-refractivity contribution in [3.8, 4) is 5.75 Å². The van der Waals surface area contributed by atoms with Crippen LogP contribution in [0.25, 0.3) is 10.9 Å². The minimum atomic E-state index is 0.0482. The second-order valence-corrected chi connectivity index (χ2v) is 7.22. The van der Waals surface area contributed by atoms with Crippen LogP contribution >= 0.6 is 11.6 Å². The number of benzene rings is 2. The van der Waals surface area contributed by atoms with Gasteiger partial charge in [0.05, 0.1) is 29.1 Å². The van der Waals surface area contributed by atoms with Gasteiger partial charge in [-0.2, -0.15) is 0 Å². The summed E-state index contributed by atoms with van der Waals surface area (Å²) < 4.78 is 0. The van der Waals surface area contributed by atoms with Crippen molar-refractivity contribution in [3.63, 3.8) is 0 Å². The Kier molecular flexibility index (Phi) is 4.60. The highest BCUT2D eigenvalue weighted by Gasteiger charge is 2.32. The molecular formula is C21H23ClN2O+2. The summed E-state index contributed by atoms with van der Waals surface area (Å²) in [6.07, 6.45) is 5.58. The first kappa shape index (κ1) is 16.4. The molecule has 1 aromatic heterocycles. The minimum Gasteiger partial charge on any atom is -0.502 e. The summed E-state index contributed by atoms with van der Waals surface area (Å²) in [7, 11) is 0. The summed E-state index contributed by atoms with van der Waals surface area (Å²) in [6.45, 7) is 2.21. The van der Waals surface area contributed by atoms with Gasteiger partial charge in [0, 0.05) is 11.6 Å². The number of likely N-dealkylation sites (tertiary alicyclic amines) is 1. The molecule has 0 spiro atoms. The van der Waals surface area contributed by atoms with Crippen LogP contribution in [0.5, 0.6) is 5.75 Å². The summed E-state index contributed by atoms with van der Waals surface area (Å²) in [6, 6.07) is 16.2. The Bertz CT molecular complexity index is 890. The molecular weight excluding hydrogens is 332 g/mol. The van der Waals surface area contributed by atoms with Crippen LogP contribution in [-0.4, -0.2) is 18.2 Å². The molecule has 1 atom stereocenters. The highest BCUT2D eigenvalue weighted by atomic mass is 35.5. The molecule has 3 nitrogen and oxygen atoms in total. The number of rotatable bonds is 3. The van der Waals surface area contributed by atoms with Gasteiger partial charge in [0.25, 0.3) is 5.52 Å². The molecule has 1 fully saturated rings. The average Bonchev–Trinajstić information content (AvgIpc) is 2.66. The van der Waals surface area contributed by atoms with Crippen molar-refractivity contribution in [2.45, 2.75) is 25.3 Å². The number of phenolic OH excluding ortho intramolecular Hbond substituents is 1. The van der Waals surface area contributed by atoms with E-state index in [1.54, 1.807) is 0 Å². The predicted octanol–water partition coefficient (Wildman–Crippen LogP) is 3.17. The number of H-pyrrole nitrogens is 1. The third kappa shape index (κ3) is 3.10. The largest absolute Gasteiger partial charge is 0.502 e. The van der Waals surface area contributed by atoms with Crippen molar-refractivity contribution in [2.75, 3.05) is 13.1 Å². The molecule has 3 aromatic rings. The monoisotopic (exact) mass is 354 g/mol. The van der Waals surface area contributed by atoms with Crippen LogP contribution in [0.4, 0.5) is 0 Å². The van der Waals surface area contributed by atoms with E-state index < -0.39 is 0 Å². The van der Waals surface area contributed by atoms with Crippen LogP contribution in [0, 0.1) is 0 Å². The van der Waals surface area contributed by atoms with Crippen molar-refractivity contribution in [2.24, 2.45) is 0 Å². The summed E-state index contributed by atoms with van der Waals surface area (Å²) in [4.78, 5) is 4.67. The maximum atomic E-state index is 11.0. The zero-order valence-electron chi connectivity index (χ0n) is 14.1. The fourth-order valence-corrected chi connectivity index (χ4v) is 4.29. The number of nitrogens with one attached hydrogen (secondary N) is 2. The lowest BCUT2D eigenvalue weighted by atomic mass is 9.93. The average molecular weight is 355 g/mol. The first-order valence-electron chi connectivity index (χ1n) is 8.97. The second kappa shape index (κ2) is 7.03. The Hall–Kier alpha value is -2.10. The third-order valence-corrected chi connectivity index (χ3v) is 5.62. The first-order chi connectivity index (χ1) is 12.3. The number of aromatic amines is 1. The third-order valence-electron chi connectivity index (χ3n) is 5.27. The van der Waals surface area contributed by atoms with Crippen LogP contribution in [0.1, 0.15) is 36.4 Å². The number of hydrogen-bond acceptors (Lipinski definition) is 1. The van der Waals surface area contributed by atoms with Crippen molar-refractivity contribution < 1.29 is 15.0 Å². The Labute approximate surface area is 152 Å². The van der Waals surface area contributed by atoms with E-state index in [-0.39, 0.29) is 6.04 Å². The molecule has 4 heteroatoms. The lowest BCUT2D eigenvalue weighted by Crippen LogP contribution is -3.13. The van der Waals surface area contributed by atoms with E-state index in [0.717, 1.165) is 40.1 Å². The van der Waals surface area contributed by atoms with Gasteiger partial charge in [0.1, 0.15) is 6.04 Å². The minimum absolute atomic E-state index is 0.0482. The fraction of sp³-hybridized carbons (Fsp3) is 0.286. The Morgan fingerprint density at radius 2 is 1.72 bits per heavy atom. The van der Waals surface area contributed by atoms with Gasteiger partial charge in [-0.25, -0.2) is 4.98 Å². The molecule has 0 bridgehead atoms. The molecule has 25 heavy (non-hydrogen) atoms. The molecule has 0 aliphatic carbocycles. The van der Waals surface area contributed by atoms with Gasteiger partial charge in [-0.05, 0) is 43.5 Å². The van der Waals surface area contributed by atoms with E-state index in [1.165, 1.54) is 24.2 Å². The van der Waals surface area contributed by atoms with Gasteiger partial charge in [-0.15, -0.1) is 0 Å². The SMILES string of the molecule is Oc1c(C(c2ccccc2Cl)[NH+]2CCCCC2)ccc2ccc[nH+]c12. The molecule has 0 radical (unpaired) electrons. The number of fused-ring (bicyclic) bond motifs is 1. The molecule has 0 saturated carbocycles. The molecule has 2 heterocycles. The first-order valence-corrected chi connectivity index (χ1v) is 9.35. The molecule has 4 rings (SSSR count). The number of halogens is 1. The van der Waals surface area contributed by atoms with Crippen molar-refractivity contribution in [3.05, 3.63) is 70.9 Å². The Balaban J connectivity index is 1.89. The fourth-order valence-electron chi connectivity index (χ4n) is 4.04. The van der Waals surface area contributed by atoms with Crippen LogP contribution < -0.4 is 9.88 Å². The highest BCUT2D eigenvalue weighted by molar-refractivity contribution is 6.31. The van der Waals surface area contributed by atoms with E-state index in [4.69, 9.17) is 11.6 Å². The highest BCUT2D eigenvalue weighted by Crippen LogP contribution is 2.34. The molecule has 1 aliphatic rings. The van der Waals surface area contributed by atoms with Crippen LogP contribution in [0.2, 0.25) is 5.02 Å². The maximum absolute atomic E-state index is 11.0. The molecule has 1 unspecified atom stereocenters. The summed E-state index contributed by atoms with van der Waals surface area (Å²) in [5.41, 5.74) is 2.82. The number of aromatic hydroxyl groups is 1. The lowest BCUT2D eigenvalue weighted by Gasteiger charge is -2.32. The normalized spacial score (nSPS) is 16.8. The summed E-state index contributed by atoms with van der Waals surface area (Å²) in [5.74, 6) is 0.334. The zero-order chi connectivity index (χ0) is 17.2. The van der Waals surface area contributed by atoms with Gasteiger partial charge in [0.2, 0.25) is 0 Å². The topological polar surface area (TPSA) is 38.8 Å². The smallest absolute Gasteiger partial charge is 0.253 e. The maximum Gasteiger partial charge on any atom is 0.253 e. The van der Waals surface area contributed by atoms with E-state index in [2.05, 4.69) is 23.2 Å². The van der Waals surface area contributed by atoms with Gasteiger partial charge in [-0.1, -0.05) is 29.8 Å². The number of piperidine rings is 1. The van der Waals surface area contributed by atoms with Crippen molar-refractivity contribution >= 4 is 22.5 Å². The number of phenols is 1. The van der Waals surface area contributed by atoms with Crippen molar-refractivity contribution in [1.82, 2.24) is 0 Å². The Morgan fingerprint density at radius 1 is 0.920 bits per heavy atom. The number of aromatic nitrogens is 1. The van der Waals surface area contributed by atoms with E-state index in [0.29, 0.717) is 5.75 Å². The van der Waals surface area contributed by atoms with Gasteiger partial charge >= 0.3 is 0 Å². The molecule has 1 aliphatic heterocycles. The second-order valence-electron chi connectivity index (χ2n) is 6.81. The van der Waals surface area contributed by atoms with Crippen LogP contribution in [0.3, 0.4) is 0 Å². The van der Waals surface area contributed by atoms with Gasteiger partial charge in [-0.3, -0.25) is 0 Å². The number of pyridine rings is 1. The standard InChI is InChI=1S/C21H21ClN2O/c22-18-9-3-2-8-16(18)20(24-13-4-1-5-14-24)17-11-10-15-7-6-12-23-19(15)21(17)25/h2-3,6-12,20,25H,1,4-5,13-14H2/p+2. The van der Waals surface area contributed by atoms with E-state index >= 15 is 0 Å². The van der Waals surface area contributed by atoms with Crippen molar-refractivity contribution in [1.29, 1.82) is 0 Å². The quantitative estimate of drug-likeness (QED) is 0.745. The molecule has 128 valence electrons. The van der Waals surface area contributed by atoms with Crippen LogP contribution in [-0.2, 0) is 0 Å². The zero-order valence-corrected chi connectivity index (χ0v) is 14.9. The number of quaternary nitrogens is 1. The van der Waals surface area contributed by atoms with E-state index in [9.17, 15) is 5.11 Å². The van der Waals surface area contributed by atoms with Gasteiger partial charge in [0.15, 0.2) is 11.9 Å². The van der Waals surface area contributed by atoms with Crippen LogP contribution in [0.15, 0.2) is 54.7 Å². The molecule has 1 saturated heterocycles. The number of hydrogen-bond donors (Lipinski definition) is 2. The molecule has 2 aromatic carbocycles. The molecule has 0 amide bonds. The summed E-state index contributed by atoms with van der Waals surface area (Å²) >= 11 is 6.56. The lowest BCUT2D eigenvalue weighted by molar-refractivity contribution is -0.930. The van der Waals surface area contributed by atoms with E-state index in [1.807, 2.05) is 36.5 Å². The molecule has 3 N–H and O–H groups in total. The predicted molar refractivity (Wildman–Crippen MR) is 100 cm³/mol. The Morgan fingerprint density at radius 3 is 2.52 bits per heavy atom. The van der Waals surface area contributed by atoms with Gasteiger partial charge < -0.3 is 10.0 Å².